The Bertz CT molecular complexity index is 738. The molecule has 2 aromatic carbocycles. The summed E-state index contributed by atoms with van der Waals surface area (Å²) in [6.45, 7) is 5.56. The predicted molar refractivity (Wildman–Crippen MR) is 102 cm³/mol. The maximum atomic E-state index is 5.82. The van der Waals surface area contributed by atoms with Crippen LogP contribution in [0.4, 0.5) is 5.69 Å². The van der Waals surface area contributed by atoms with Gasteiger partial charge in [0.15, 0.2) is 0 Å². The topological polar surface area (TPSA) is 28.1 Å². The minimum absolute atomic E-state index is 0.354. The first-order valence-corrected chi connectivity index (χ1v) is 9.07. The van der Waals surface area contributed by atoms with Crippen molar-refractivity contribution in [3.63, 3.8) is 0 Å². The van der Waals surface area contributed by atoms with Gasteiger partial charge in [-0.1, -0.05) is 42.5 Å². The number of hydrogen-bond acceptors (Lipinski definition) is 4. The lowest BCUT2D eigenvalue weighted by Gasteiger charge is -2.37. The van der Waals surface area contributed by atoms with Crippen LogP contribution in [0.5, 0.6) is 0 Å². The van der Waals surface area contributed by atoms with Crippen molar-refractivity contribution in [1.29, 1.82) is 0 Å². The number of anilines is 1. The van der Waals surface area contributed by atoms with E-state index in [4.69, 9.17) is 9.73 Å². The standard InChI is InChI=1S/C21H25N3O/c1-17-7-5-10-19(13-17)24-16-23(14-20-11-6-12-25-20)15-22-21(24)18-8-3-2-4-9-18/h2-5,7-10,13,20H,6,11-12,14-16H2,1H3. The van der Waals surface area contributed by atoms with Crippen LogP contribution in [0.2, 0.25) is 0 Å². The number of aliphatic imine (C=N–C) groups is 1. The van der Waals surface area contributed by atoms with Crippen LogP contribution in [0.1, 0.15) is 24.0 Å². The molecule has 4 nitrogen and oxygen atoms in total. The molecule has 2 heterocycles. The highest BCUT2D eigenvalue weighted by Crippen LogP contribution is 2.23. The van der Waals surface area contributed by atoms with Crippen molar-refractivity contribution in [2.75, 3.05) is 31.4 Å². The minimum Gasteiger partial charge on any atom is -0.377 e. The van der Waals surface area contributed by atoms with Crippen LogP contribution < -0.4 is 4.90 Å². The van der Waals surface area contributed by atoms with E-state index in [1.54, 1.807) is 0 Å². The van der Waals surface area contributed by atoms with Crippen molar-refractivity contribution in [2.45, 2.75) is 25.9 Å². The Morgan fingerprint density at radius 3 is 2.76 bits per heavy atom. The molecule has 1 unspecified atom stereocenters. The van der Waals surface area contributed by atoms with Crippen molar-refractivity contribution in [2.24, 2.45) is 4.99 Å². The number of hydrogen-bond donors (Lipinski definition) is 0. The molecule has 0 spiro atoms. The number of ether oxygens (including phenoxy) is 1. The molecule has 0 radical (unpaired) electrons. The second-order valence-corrected chi connectivity index (χ2v) is 6.89. The summed E-state index contributed by atoms with van der Waals surface area (Å²) in [7, 11) is 0. The summed E-state index contributed by atoms with van der Waals surface area (Å²) in [4.78, 5) is 9.62. The molecule has 0 bridgehead atoms. The van der Waals surface area contributed by atoms with Gasteiger partial charge in [-0.25, -0.2) is 0 Å². The molecule has 0 aromatic heterocycles. The summed E-state index contributed by atoms with van der Waals surface area (Å²) in [6.07, 6.45) is 2.70. The number of aryl methyl sites for hydroxylation is 1. The van der Waals surface area contributed by atoms with Gasteiger partial charge >= 0.3 is 0 Å². The Labute approximate surface area is 149 Å². The fraction of sp³-hybridized carbons (Fsp3) is 0.381. The molecule has 130 valence electrons. The van der Waals surface area contributed by atoms with Crippen LogP contribution in [0, 0.1) is 6.92 Å². The van der Waals surface area contributed by atoms with Crippen LogP contribution in [0.15, 0.2) is 59.6 Å². The first-order chi connectivity index (χ1) is 12.3. The molecule has 0 saturated carbocycles. The fourth-order valence-corrected chi connectivity index (χ4v) is 3.59. The molecule has 2 aliphatic rings. The number of nitrogens with zero attached hydrogens (tertiary/aromatic N) is 3. The maximum absolute atomic E-state index is 5.82. The molecule has 0 aliphatic carbocycles. The van der Waals surface area contributed by atoms with Gasteiger partial charge in [-0.15, -0.1) is 0 Å². The minimum atomic E-state index is 0.354. The van der Waals surface area contributed by atoms with Crippen molar-refractivity contribution < 1.29 is 4.74 Å². The Morgan fingerprint density at radius 1 is 1.12 bits per heavy atom. The quantitative estimate of drug-likeness (QED) is 0.853. The lowest BCUT2D eigenvalue weighted by Crippen LogP contribution is -2.48. The number of amidine groups is 1. The number of rotatable bonds is 4. The van der Waals surface area contributed by atoms with E-state index in [1.807, 2.05) is 6.07 Å². The summed E-state index contributed by atoms with van der Waals surface area (Å²) in [5.74, 6) is 1.05. The summed E-state index contributed by atoms with van der Waals surface area (Å²) in [6, 6.07) is 19.1. The van der Waals surface area contributed by atoms with Gasteiger partial charge in [0.2, 0.25) is 0 Å². The normalized spacial score (nSPS) is 21.4. The molecule has 2 aromatic rings. The highest BCUT2D eigenvalue weighted by Gasteiger charge is 2.26. The largest absolute Gasteiger partial charge is 0.377 e. The average Bonchev–Trinajstić information content (AvgIpc) is 3.15. The number of benzene rings is 2. The molecule has 0 N–H and O–H groups in total. The zero-order valence-electron chi connectivity index (χ0n) is 14.8. The Morgan fingerprint density at radius 2 is 2.00 bits per heavy atom. The first kappa shape index (κ1) is 16.3. The molecule has 4 heteroatoms. The summed E-state index contributed by atoms with van der Waals surface area (Å²) in [5.41, 5.74) is 3.63. The van der Waals surface area contributed by atoms with E-state index < -0.39 is 0 Å². The maximum Gasteiger partial charge on any atom is 0.137 e. The lowest BCUT2D eigenvalue weighted by molar-refractivity contribution is 0.0739. The van der Waals surface area contributed by atoms with E-state index in [-0.39, 0.29) is 0 Å². The molecule has 25 heavy (non-hydrogen) atoms. The molecule has 1 atom stereocenters. The van der Waals surface area contributed by atoms with Gasteiger partial charge in [0, 0.05) is 24.4 Å². The highest BCUT2D eigenvalue weighted by molar-refractivity contribution is 6.10. The highest BCUT2D eigenvalue weighted by atomic mass is 16.5. The molecule has 4 rings (SSSR count). The van der Waals surface area contributed by atoms with Crippen LogP contribution >= 0.6 is 0 Å². The smallest absolute Gasteiger partial charge is 0.137 e. The van der Waals surface area contributed by atoms with Crippen LogP contribution in [0.25, 0.3) is 0 Å². The second kappa shape index (κ2) is 7.38. The van der Waals surface area contributed by atoms with E-state index in [1.165, 1.54) is 23.2 Å². The van der Waals surface area contributed by atoms with E-state index in [9.17, 15) is 0 Å². The molecule has 1 fully saturated rings. The fourth-order valence-electron chi connectivity index (χ4n) is 3.59. The molecule has 2 aliphatic heterocycles. The van der Waals surface area contributed by atoms with Crippen LogP contribution in [-0.2, 0) is 4.74 Å². The van der Waals surface area contributed by atoms with Gasteiger partial charge in [0.1, 0.15) is 5.84 Å². The third-order valence-electron chi connectivity index (χ3n) is 4.85. The Balaban J connectivity index is 1.62. The monoisotopic (exact) mass is 335 g/mol. The SMILES string of the molecule is Cc1cccc(N2CN(CC3CCCO3)CN=C2c2ccccc2)c1. The van der Waals surface area contributed by atoms with Crippen molar-refractivity contribution >= 4 is 11.5 Å². The van der Waals surface area contributed by atoms with E-state index >= 15 is 0 Å². The van der Waals surface area contributed by atoms with E-state index in [0.717, 1.165) is 38.7 Å². The van der Waals surface area contributed by atoms with Gasteiger partial charge in [-0.2, -0.15) is 0 Å². The van der Waals surface area contributed by atoms with Gasteiger partial charge < -0.3 is 9.64 Å². The first-order valence-electron chi connectivity index (χ1n) is 9.07. The van der Waals surface area contributed by atoms with Gasteiger partial charge in [0.05, 0.1) is 19.4 Å². The van der Waals surface area contributed by atoms with Gasteiger partial charge in [-0.3, -0.25) is 9.89 Å². The molecular weight excluding hydrogens is 310 g/mol. The van der Waals surface area contributed by atoms with Crippen molar-refractivity contribution in [3.8, 4) is 0 Å². The van der Waals surface area contributed by atoms with Gasteiger partial charge in [0.25, 0.3) is 0 Å². The third kappa shape index (κ3) is 3.75. The lowest BCUT2D eigenvalue weighted by atomic mass is 10.1. The molecule has 1 saturated heterocycles. The molecule has 0 amide bonds. The predicted octanol–water partition coefficient (Wildman–Crippen LogP) is 3.66. The zero-order chi connectivity index (χ0) is 17.1. The zero-order valence-corrected chi connectivity index (χ0v) is 14.8. The van der Waals surface area contributed by atoms with E-state index in [0.29, 0.717) is 6.10 Å². The summed E-state index contributed by atoms with van der Waals surface area (Å²) >= 11 is 0. The summed E-state index contributed by atoms with van der Waals surface area (Å²) in [5, 5.41) is 0. The summed E-state index contributed by atoms with van der Waals surface area (Å²) < 4.78 is 5.82. The van der Waals surface area contributed by atoms with Crippen molar-refractivity contribution in [1.82, 2.24) is 4.90 Å². The Hall–Kier alpha value is -2.17. The average molecular weight is 335 g/mol. The van der Waals surface area contributed by atoms with Crippen LogP contribution in [-0.4, -0.2) is 43.3 Å². The van der Waals surface area contributed by atoms with E-state index in [2.05, 4.69) is 65.3 Å². The third-order valence-corrected chi connectivity index (χ3v) is 4.85. The second-order valence-electron chi connectivity index (χ2n) is 6.89. The van der Waals surface area contributed by atoms with Crippen LogP contribution in [0.3, 0.4) is 0 Å². The Kier molecular flexibility index (Phi) is 4.81. The molecular formula is C21H25N3O. The van der Waals surface area contributed by atoms with Gasteiger partial charge in [-0.05, 0) is 37.5 Å². The van der Waals surface area contributed by atoms with Crippen molar-refractivity contribution in [3.05, 3.63) is 65.7 Å².